The average molecular weight is 261 g/mol. The Hall–Kier alpha value is -2.50. The second kappa shape index (κ2) is 5.43. The summed E-state index contributed by atoms with van der Waals surface area (Å²) in [7, 11) is 3.08. The summed E-state index contributed by atoms with van der Waals surface area (Å²) in [5, 5.41) is 0. The SMILES string of the molecule is COc1ccnc(Cn2cc(N)ccc2=O)c1OC. The number of nitrogens with two attached hydrogens (primary N) is 1. The normalized spacial score (nSPS) is 10.2. The predicted molar refractivity (Wildman–Crippen MR) is 71.6 cm³/mol. The van der Waals surface area contributed by atoms with Gasteiger partial charge in [0, 0.05) is 30.2 Å². The Bertz CT molecular complexity index is 637. The molecule has 0 atom stereocenters. The average Bonchev–Trinajstić information content (AvgIpc) is 2.42. The van der Waals surface area contributed by atoms with Crippen LogP contribution in [-0.4, -0.2) is 23.8 Å². The number of rotatable bonds is 4. The number of nitrogens with zero attached hydrogens (tertiary/aromatic N) is 2. The molecule has 0 saturated carbocycles. The molecule has 6 nitrogen and oxygen atoms in total. The molecule has 0 radical (unpaired) electrons. The van der Waals surface area contributed by atoms with Crippen LogP contribution in [0.4, 0.5) is 5.69 Å². The molecule has 0 fully saturated rings. The summed E-state index contributed by atoms with van der Waals surface area (Å²) in [4.78, 5) is 16.0. The largest absolute Gasteiger partial charge is 0.493 e. The van der Waals surface area contributed by atoms with Crippen molar-refractivity contribution in [2.45, 2.75) is 6.54 Å². The number of nitrogen functional groups attached to an aromatic ring is 1. The van der Waals surface area contributed by atoms with E-state index >= 15 is 0 Å². The van der Waals surface area contributed by atoms with Crippen molar-refractivity contribution in [3.05, 3.63) is 46.6 Å². The highest BCUT2D eigenvalue weighted by Crippen LogP contribution is 2.29. The molecule has 0 spiro atoms. The van der Waals surface area contributed by atoms with E-state index in [0.29, 0.717) is 22.9 Å². The molecule has 2 aromatic heterocycles. The molecule has 6 heteroatoms. The van der Waals surface area contributed by atoms with Gasteiger partial charge in [0.1, 0.15) is 5.69 Å². The zero-order valence-corrected chi connectivity index (χ0v) is 10.8. The van der Waals surface area contributed by atoms with Crippen LogP contribution in [0.15, 0.2) is 35.4 Å². The fourth-order valence-electron chi connectivity index (χ4n) is 1.80. The number of aromatic nitrogens is 2. The molecule has 0 unspecified atom stereocenters. The van der Waals surface area contributed by atoms with Gasteiger partial charge in [0.15, 0.2) is 11.5 Å². The van der Waals surface area contributed by atoms with Crippen molar-refractivity contribution in [3.63, 3.8) is 0 Å². The van der Waals surface area contributed by atoms with Crippen molar-refractivity contribution >= 4 is 5.69 Å². The monoisotopic (exact) mass is 261 g/mol. The minimum Gasteiger partial charge on any atom is -0.493 e. The van der Waals surface area contributed by atoms with E-state index in [1.807, 2.05) is 0 Å². The lowest BCUT2D eigenvalue weighted by Crippen LogP contribution is -2.20. The Morgan fingerprint density at radius 1 is 1.26 bits per heavy atom. The van der Waals surface area contributed by atoms with Crippen molar-refractivity contribution in [1.29, 1.82) is 0 Å². The minimum absolute atomic E-state index is 0.152. The maximum atomic E-state index is 11.7. The first-order valence-corrected chi connectivity index (χ1v) is 5.67. The van der Waals surface area contributed by atoms with E-state index in [4.69, 9.17) is 15.2 Å². The lowest BCUT2D eigenvalue weighted by Gasteiger charge is -2.12. The fraction of sp³-hybridized carbons (Fsp3) is 0.231. The zero-order valence-electron chi connectivity index (χ0n) is 10.8. The summed E-state index contributed by atoms with van der Waals surface area (Å²) in [6, 6.07) is 4.68. The Morgan fingerprint density at radius 2 is 2.05 bits per heavy atom. The summed E-state index contributed by atoms with van der Waals surface area (Å²) in [5.74, 6) is 1.09. The van der Waals surface area contributed by atoms with Gasteiger partial charge in [-0.15, -0.1) is 0 Å². The second-order valence-electron chi connectivity index (χ2n) is 3.92. The number of anilines is 1. The van der Waals surface area contributed by atoms with Gasteiger partial charge in [0.05, 0.1) is 20.8 Å². The van der Waals surface area contributed by atoms with E-state index in [1.54, 1.807) is 31.6 Å². The molecular formula is C13H15N3O3. The van der Waals surface area contributed by atoms with Crippen molar-refractivity contribution < 1.29 is 9.47 Å². The Kier molecular flexibility index (Phi) is 3.70. The first kappa shape index (κ1) is 12.9. The highest BCUT2D eigenvalue weighted by molar-refractivity contribution is 5.43. The van der Waals surface area contributed by atoms with E-state index < -0.39 is 0 Å². The summed E-state index contributed by atoms with van der Waals surface area (Å²) < 4.78 is 11.9. The minimum atomic E-state index is -0.152. The maximum absolute atomic E-state index is 11.7. The highest BCUT2D eigenvalue weighted by atomic mass is 16.5. The van der Waals surface area contributed by atoms with E-state index in [1.165, 1.54) is 17.7 Å². The summed E-state index contributed by atoms with van der Waals surface area (Å²) in [6.45, 7) is 0.268. The van der Waals surface area contributed by atoms with Crippen LogP contribution in [0, 0.1) is 0 Å². The van der Waals surface area contributed by atoms with E-state index in [2.05, 4.69) is 4.98 Å². The standard InChI is InChI=1S/C13H15N3O3/c1-18-11-5-6-15-10(13(11)19-2)8-16-7-9(14)3-4-12(16)17/h3-7H,8,14H2,1-2H3. The molecule has 0 aromatic carbocycles. The molecule has 100 valence electrons. The zero-order chi connectivity index (χ0) is 13.8. The Balaban J connectivity index is 2.43. The van der Waals surface area contributed by atoms with E-state index in [0.717, 1.165) is 0 Å². The molecule has 0 aliphatic rings. The van der Waals surface area contributed by atoms with Gasteiger partial charge in [0.2, 0.25) is 0 Å². The van der Waals surface area contributed by atoms with Crippen LogP contribution in [-0.2, 0) is 6.54 Å². The van der Waals surface area contributed by atoms with Crippen molar-refractivity contribution in [3.8, 4) is 11.5 Å². The fourth-order valence-corrected chi connectivity index (χ4v) is 1.80. The summed E-state index contributed by atoms with van der Waals surface area (Å²) >= 11 is 0. The third-order valence-corrected chi connectivity index (χ3v) is 2.69. The topological polar surface area (TPSA) is 79.4 Å². The lowest BCUT2D eigenvalue weighted by molar-refractivity contribution is 0.348. The van der Waals surface area contributed by atoms with Gasteiger partial charge < -0.3 is 19.8 Å². The molecule has 2 aromatic rings. The molecule has 2 rings (SSSR count). The van der Waals surface area contributed by atoms with Crippen LogP contribution < -0.4 is 20.8 Å². The lowest BCUT2D eigenvalue weighted by atomic mass is 10.3. The van der Waals surface area contributed by atoms with Crippen LogP contribution in [0.5, 0.6) is 11.5 Å². The van der Waals surface area contributed by atoms with Crippen LogP contribution in [0.25, 0.3) is 0 Å². The molecule has 0 aliphatic heterocycles. The quantitative estimate of drug-likeness (QED) is 0.884. The smallest absolute Gasteiger partial charge is 0.251 e. The van der Waals surface area contributed by atoms with E-state index in [-0.39, 0.29) is 12.1 Å². The van der Waals surface area contributed by atoms with Crippen molar-refractivity contribution in [1.82, 2.24) is 9.55 Å². The number of methoxy groups -OCH3 is 2. The summed E-state index contributed by atoms with van der Waals surface area (Å²) in [6.07, 6.45) is 3.18. The summed E-state index contributed by atoms with van der Waals surface area (Å²) in [5.41, 5.74) is 6.64. The first-order chi connectivity index (χ1) is 9.15. The molecule has 0 saturated heterocycles. The van der Waals surface area contributed by atoms with Gasteiger partial charge >= 0.3 is 0 Å². The number of pyridine rings is 2. The molecule has 19 heavy (non-hydrogen) atoms. The van der Waals surface area contributed by atoms with Crippen LogP contribution >= 0.6 is 0 Å². The van der Waals surface area contributed by atoms with Gasteiger partial charge in [-0.1, -0.05) is 0 Å². The molecular weight excluding hydrogens is 246 g/mol. The third kappa shape index (κ3) is 2.67. The van der Waals surface area contributed by atoms with Crippen LogP contribution in [0.1, 0.15) is 5.69 Å². The van der Waals surface area contributed by atoms with Gasteiger partial charge in [-0.25, -0.2) is 0 Å². The van der Waals surface area contributed by atoms with Gasteiger partial charge in [-0.3, -0.25) is 9.78 Å². The second-order valence-corrected chi connectivity index (χ2v) is 3.92. The number of hydrogen-bond donors (Lipinski definition) is 1. The van der Waals surface area contributed by atoms with Gasteiger partial charge in [-0.05, 0) is 6.07 Å². The van der Waals surface area contributed by atoms with Crippen LogP contribution in [0.2, 0.25) is 0 Å². The van der Waals surface area contributed by atoms with Gasteiger partial charge in [-0.2, -0.15) is 0 Å². The maximum Gasteiger partial charge on any atom is 0.251 e. The molecule has 0 bridgehead atoms. The number of hydrogen-bond acceptors (Lipinski definition) is 5. The van der Waals surface area contributed by atoms with Crippen LogP contribution in [0.3, 0.4) is 0 Å². The first-order valence-electron chi connectivity index (χ1n) is 5.67. The Labute approximate surface area is 110 Å². The molecule has 2 N–H and O–H groups in total. The Morgan fingerprint density at radius 3 is 2.74 bits per heavy atom. The highest BCUT2D eigenvalue weighted by Gasteiger charge is 2.12. The molecule has 2 heterocycles. The predicted octanol–water partition coefficient (Wildman–Crippen LogP) is 0.891. The third-order valence-electron chi connectivity index (χ3n) is 2.69. The van der Waals surface area contributed by atoms with E-state index in [9.17, 15) is 4.79 Å². The van der Waals surface area contributed by atoms with Crippen molar-refractivity contribution in [2.24, 2.45) is 0 Å². The van der Waals surface area contributed by atoms with Crippen molar-refractivity contribution in [2.75, 3.05) is 20.0 Å². The molecule has 0 amide bonds. The number of ether oxygens (including phenoxy) is 2. The molecule has 0 aliphatic carbocycles. The van der Waals surface area contributed by atoms with Gasteiger partial charge in [0.25, 0.3) is 5.56 Å².